The Hall–Kier alpha value is -2.60. The van der Waals surface area contributed by atoms with Crippen LogP contribution in [-0.4, -0.2) is 20.6 Å². The second-order valence-electron chi connectivity index (χ2n) is 6.67. The second kappa shape index (κ2) is 8.82. The Bertz CT molecular complexity index is 1140. The van der Waals surface area contributed by atoms with E-state index in [0.717, 1.165) is 11.1 Å². The van der Waals surface area contributed by atoms with Crippen LogP contribution in [0.15, 0.2) is 78.2 Å². The number of rotatable bonds is 7. The van der Waals surface area contributed by atoms with Gasteiger partial charge in [-0.05, 0) is 46.5 Å². The Morgan fingerprint density at radius 3 is 2.41 bits per heavy atom. The molecule has 3 aromatic carbocycles. The molecule has 0 aromatic heterocycles. The van der Waals surface area contributed by atoms with Gasteiger partial charge in [0, 0.05) is 17.7 Å². The molecule has 1 N–H and O–H groups in total. The molecule has 29 heavy (non-hydrogen) atoms. The van der Waals surface area contributed by atoms with Gasteiger partial charge in [-0.3, -0.25) is 0 Å². The van der Waals surface area contributed by atoms with E-state index in [2.05, 4.69) is 6.58 Å². The van der Waals surface area contributed by atoms with Crippen LogP contribution in [0.3, 0.4) is 0 Å². The third-order valence-corrected chi connectivity index (χ3v) is 6.33. The van der Waals surface area contributed by atoms with Crippen LogP contribution in [0.2, 0.25) is 5.02 Å². The molecule has 0 heterocycles. The van der Waals surface area contributed by atoms with Crippen molar-refractivity contribution in [3.8, 4) is 11.1 Å². The van der Waals surface area contributed by atoms with Crippen molar-refractivity contribution in [2.45, 2.75) is 17.3 Å². The number of aliphatic hydroxyl groups is 1. The highest BCUT2D eigenvalue weighted by Gasteiger charge is 2.20. The summed E-state index contributed by atoms with van der Waals surface area (Å²) in [6.07, 6.45) is 0. The molecule has 6 heteroatoms. The Balaban J connectivity index is 2.05. The summed E-state index contributed by atoms with van der Waals surface area (Å²) >= 11 is 6.11. The first-order valence-corrected chi connectivity index (χ1v) is 10.9. The van der Waals surface area contributed by atoms with Gasteiger partial charge < -0.3 is 9.84 Å². The van der Waals surface area contributed by atoms with Crippen LogP contribution in [0.1, 0.15) is 16.7 Å². The maximum absolute atomic E-state index is 13.1. The molecule has 0 amide bonds. The van der Waals surface area contributed by atoms with Crippen molar-refractivity contribution < 1.29 is 18.3 Å². The summed E-state index contributed by atoms with van der Waals surface area (Å²) in [6, 6.07) is 19.5. The molecule has 150 valence electrons. The van der Waals surface area contributed by atoms with E-state index < -0.39 is 9.84 Å². The van der Waals surface area contributed by atoms with Crippen molar-refractivity contribution in [3.63, 3.8) is 0 Å². The smallest absolute Gasteiger partial charge is 0.182 e. The SMILES string of the molecule is C=C(O)c1ccc(-c2ccccc2)cc1CS(=O)(=O)c1cc(Cl)cc(COC)c1. The number of hydrogen-bond acceptors (Lipinski definition) is 4. The molecule has 0 saturated heterocycles. The van der Waals surface area contributed by atoms with Crippen molar-refractivity contribution in [1.29, 1.82) is 0 Å². The van der Waals surface area contributed by atoms with Crippen molar-refractivity contribution in [1.82, 2.24) is 0 Å². The highest BCUT2D eigenvalue weighted by atomic mass is 35.5. The van der Waals surface area contributed by atoms with Crippen LogP contribution in [0, 0.1) is 0 Å². The van der Waals surface area contributed by atoms with Crippen LogP contribution in [0.5, 0.6) is 0 Å². The topological polar surface area (TPSA) is 63.6 Å². The third-order valence-electron chi connectivity index (χ3n) is 4.47. The Kier molecular flexibility index (Phi) is 6.42. The summed E-state index contributed by atoms with van der Waals surface area (Å²) in [5.74, 6) is -0.476. The minimum Gasteiger partial charge on any atom is -0.508 e. The maximum atomic E-state index is 13.1. The van der Waals surface area contributed by atoms with Gasteiger partial charge in [-0.2, -0.15) is 0 Å². The lowest BCUT2D eigenvalue weighted by atomic mass is 9.99. The first kappa shape index (κ1) is 21.1. The van der Waals surface area contributed by atoms with Gasteiger partial charge in [-0.25, -0.2) is 8.42 Å². The fourth-order valence-corrected chi connectivity index (χ4v) is 4.92. The Morgan fingerprint density at radius 1 is 1.03 bits per heavy atom. The number of sulfone groups is 1. The van der Waals surface area contributed by atoms with Gasteiger partial charge in [0.2, 0.25) is 0 Å². The largest absolute Gasteiger partial charge is 0.508 e. The molecule has 0 spiro atoms. The lowest BCUT2D eigenvalue weighted by Crippen LogP contribution is -2.08. The fourth-order valence-electron chi connectivity index (χ4n) is 3.14. The molecule has 0 radical (unpaired) electrons. The first-order valence-electron chi connectivity index (χ1n) is 8.88. The van der Waals surface area contributed by atoms with E-state index in [9.17, 15) is 13.5 Å². The van der Waals surface area contributed by atoms with Crippen LogP contribution >= 0.6 is 11.6 Å². The van der Waals surface area contributed by atoms with E-state index in [1.165, 1.54) is 13.2 Å². The summed E-state index contributed by atoms with van der Waals surface area (Å²) in [7, 11) is -2.19. The van der Waals surface area contributed by atoms with Gasteiger partial charge >= 0.3 is 0 Å². The fraction of sp³-hybridized carbons (Fsp3) is 0.130. The number of methoxy groups -OCH3 is 1. The van der Waals surface area contributed by atoms with Crippen molar-refractivity contribution in [2.75, 3.05) is 7.11 Å². The van der Waals surface area contributed by atoms with Crippen LogP contribution in [-0.2, 0) is 26.9 Å². The zero-order valence-corrected chi connectivity index (χ0v) is 17.5. The summed E-state index contributed by atoms with van der Waals surface area (Å²) in [6.45, 7) is 3.82. The summed E-state index contributed by atoms with van der Waals surface area (Å²) in [5.41, 5.74) is 3.33. The quantitative estimate of drug-likeness (QED) is 0.493. The number of aliphatic hydroxyl groups excluding tert-OH is 1. The van der Waals surface area contributed by atoms with Gasteiger partial charge in [0.05, 0.1) is 17.3 Å². The Labute approximate surface area is 176 Å². The molecular weight excluding hydrogens is 408 g/mol. The molecule has 0 unspecified atom stereocenters. The second-order valence-corrected chi connectivity index (χ2v) is 9.10. The van der Waals surface area contributed by atoms with Crippen molar-refractivity contribution >= 4 is 27.2 Å². The standard InChI is InChI=1S/C23H21ClO4S/c1-16(25)23-9-8-19(18-6-4-3-5-7-18)12-20(23)15-29(26,27)22-11-17(14-28-2)10-21(24)13-22/h3-13,25H,1,14-15H2,2H3. The lowest BCUT2D eigenvalue weighted by Gasteiger charge is -2.13. The highest BCUT2D eigenvalue weighted by Crippen LogP contribution is 2.29. The molecule has 0 aliphatic carbocycles. The number of ether oxygens (including phenoxy) is 1. The molecule has 4 nitrogen and oxygen atoms in total. The third kappa shape index (κ3) is 5.07. The minimum absolute atomic E-state index is 0.108. The normalized spacial score (nSPS) is 11.4. The average molecular weight is 429 g/mol. The van der Waals surface area contributed by atoms with E-state index in [1.54, 1.807) is 24.3 Å². The molecule has 0 aliphatic heterocycles. The van der Waals surface area contributed by atoms with E-state index in [-0.39, 0.29) is 23.0 Å². The Morgan fingerprint density at radius 2 is 1.76 bits per heavy atom. The summed E-state index contributed by atoms with van der Waals surface area (Å²) < 4.78 is 31.3. The predicted octanol–water partition coefficient (Wildman–Crippen LogP) is 5.66. The average Bonchev–Trinajstić information content (AvgIpc) is 2.68. The minimum atomic E-state index is -3.72. The first-order chi connectivity index (χ1) is 13.8. The van der Waals surface area contributed by atoms with Gasteiger partial charge in [-0.1, -0.05) is 60.6 Å². The van der Waals surface area contributed by atoms with Crippen LogP contribution < -0.4 is 0 Å². The highest BCUT2D eigenvalue weighted by molar-refractivity contribution is 7.90. The van der Waals surface area contributed by atoms with E-state index in [4.69, 9.17) is 16.3 Å². The molecule has 0 fully saturated rings. The summed E-state index contributed by atoms with van der Waals surface area (Å²) in [4.78, 5) is 0.108. The zero-order valence-electron chi connectivity index (χ0n) is 15.9. The lowest BCUT2D eigenvalue weighted by molar-refractivity contribution is 0.184. The maximum Gasteiger partial charge on any atom is 0.182 e. The van der Waals surface area contributed by atoms with Gasteiger partial charge in [0.25, 0.3) is 0 Å². The molecule has 0 bridgehead atoms. The molecular formula is C23H21ClO4S. The molecule has 0 aliphatic rings. The number of halogens is 1. The monoisotopic (exact) mass is 428 g/mol. The zero-order chi connectivity index (χ0) is 21.0. The van der Waals surface area contributed by atoms with Gasteiger partial charge in [-0.15, -0.1) is 0 Å². The number of benzene rings is 3. The van der Waals surface area contributed by atoms with Gasteiger partial charge in [0.15, 0.2) is 9.84 Å². The van der Waals surface area contributed by atoms with E-state index in [0.29, 0.717) is 21.7 Å². The van der Waals surface area contributed by atoms with Gasteiger partial charge in [0.1, 0.15) is 5.76 Å². The van der Waals surface area contributed by atoms with Crippen LogP contribution in [0.25, 0.3) is 16.9 Å². The van der Waals surface area contributed by atoms with Crippen molar-refractivity contribution in [3.05, 3.63) is 95.0 Å². The molecule has 0 saturated carbocycles. The molecule has 0 atom stereocenters. The van der Waals surface area contributed by atoms with E-state index in [1.807, 2.05) is 36.4 Å². The van der Waals surface area contributed by atoms with E-state index >= 15 is 0 Å². The van der Waals surface area contributed by atoms with Crippen molar-refractivity contribution in [2.24, 2.45) is 0 Å². The molecule has 3 aromatic rings. The summed E-state index contributed by atoms with van der Waals surface area (Å²) in [5, 5.41) is 10.3. The number of hydrogen-bond donors (Lipinski definition) is 1. The molecule has 3 rings (SSSR count). The predicted molar refractivity (Wildman–Crippen MR) is 117 cm³/mol. The van der Waals surface area contributed by atoms with Crippen LogP contribution in [0.4, 0.5) is 0 Å².